The van der Waals surface area contributed by atoms with Crippen LogP contribution in [-0.4, -0.2) is 46.4 Å². The van der Waals surface area contributed by atoms with Crippen LogP contribution in [0, 0.1) is 0 Å². The Morgan fingerprint density at radius 3 is 2.76 bits per heavy atom. The third-order valence-corrected chi connectivity index (χ3v) is 3.87. The normalized spacial score (nSPS) is 18.8. The number of halogens is 1. The van der Waals surface area contributed by atoms with E-state index in [0.717, 1.165) is 10.2 Å². The number of hydrogen-bond acceptors (Lipinski definition) is 3. The molecule has 1 amide bonds. The molecule has 0 bridgehead atoms. The average molecular weight is 350 g/mol. The Balaban J connectivity index is 1.76. The van der Waals surface area contributed by atoms with E-state index in [9.17, 15) is 4.79 Å². The van der Waals surface area contributed by atoms with Gasteiger partial charge in [-0.2, -0.15) is 5.10 Å². The molecule has 5 nitrogen and oxygen atoms in total. The molecule has 110 valence electrons. The van der Waals surface area contributed by atoms with Crippen LogP contribution >= 0.6 is 15.9 Å². The first kappa shape index (κ1) is 14.3. The number of carbonyl (C=O) groups is 1. The zero-order valence-electron chi connectivity index (χ0n) is 11.7. The average Bonchev–Trinajstić information content (AvgIpc) is 2.93. The number of amides is 1. The summed E-state index contributed by atoms with van der Waals surface area (Å²) in [4.78, 5) is 14.3. The fourth-order valence-electron chi connectivity index (χ4n) is 2.38. The molecule has 21 heavy (non-hydrogen) atoms. The van der Waals surface area contributed by atoms with Gasteiger partial charge in [0.25, 0.3) is 5.91 Å². The zero-order chi connectivity index (χ0) is 14.8. The number of ether oxygens (including phenoxy) is 1. The Hall–Kier alpha value is -1.66. The monoisotopic (exact) mass is 349 g/mol. The largest absolute Gasteiger partial charge is 0.375 e. The molecule has 0 radical (unpaired) electrons. The minimum atomic E-state index is 0.0540. The molecule has 2 heterocycles. The van der Waals surface area contributed by atoms with Gasteiger partial charge in [-0.3, -0.25) is 4.79 Å². The molecule has 1 aliphatic rings. The van der Waals surface area contributed by atoms with Gasteiger partial charge in [-0.25, -0.2) is 4.68 Å². The van der Waals surface area contributed by atoms with Crippen LogP contribution in [0.1, 0.15) is 17.3 Å². The molecule has 2 aromatic rings. The van der Waals surface area contributed by atoms with E-state index < -0.39 is 0 Å². The highest BCUT2D eigenvalue weighted by molar-refractivity contribution is 9.10. The van der Waals surface area contributed by atoms with Gasteiger partial charge in [0, 0.05) is 24.8 Å². The zero-order valence-corrected chi connectivity index (χ0v) is 13.3. The van der Waals surface area contributed by atoms with E-state index in [2.05, 4.69) is 21.0 Å². The molecule has 1 unspecified atom stereocenters. The lowest BCUT2D eigenvalue weighted by Gasteiger charge is -2.31. The SMILES string of the molecule is CC1CN(C(=O)c2ccc(-n3cc(Br)cn3)cc2)CCO1. The van der Waals surface area contributed by atoms with E-state index in [-0.39, 0.29) is 12.0 Å². The third kappa shape index (κ3) is 3.16. The van der Waals surface area contributed by atoms with Gasteiger partial charge in [0.1, 0.15) is 0 Å². The molecule has 1 atom stereocenters. The Labute approximate surface area is 131 Å². The van der Waals surface area contributed by atoms with Crippen molar-refractivity contribution in [2.75, 3.05) is 19.7 Å². The van der Waals surface area contributed by atoms with E-state index in [1.54, 1.807) is 10.9 Å². The van der Waals surface area contributed by atoms with Gasteiger partial charge in [0.15, 0.2) is 0 Å². The number of hydrogen-bond donors (Lipinski definition) is 0. The lowest BCUT2D eigenvalue weighted by Crippen LogP contribution is -2.44. The molecule has 1 aromatic carbocycles. The number of morpholine rings is 1. The van der Waals surface area contributed by atoms with E-state index in [1.807, 2.05) is 42.3 Å². The summed E-state index contributed by atoms with van der Waals surface area (Å²) in [5.74, 6) is 0.0540. The van der Waals surface area contributed by atoms with Gasteiger partial charge in [-0.15, -0.1) is 0 Å². The van der Waals surface area contributed by atoms with Gasteiger partial charge in [0.05, 0.1) is 29.1 Å². The Kier molecular flexibility index (Phi) is 4.07. The molecule has 0 aliphatic carbocycles. The first-order chi connectivity index (χ1) is 10.1. The summed E-state index contributed by atoms with van der Waals surface area (Å²) in [6.45, 7) is 3.88. The second kappa shape index (κ2) is 5.99. The van der Waals surface area contributed by atoms with Crippen molar-refractivity contribution in [3.8, 4) is 5.69 Å². The second-order valence-corrected chi connectivity index (χ2v) is 6.00. The molecular weight excluding hydrogens is 334 g/mol. The predicted octanol–water partition coefficient (Wildman–Crippen LogP) is 2.50. The smallest absolute Gasteiger partial charge is 0.254 e. The van der Waals surface area contributed by atoms with Crippen molar-refractivity contribution >= 4 is 21.8 Å². The van der Waals surface area contributed by atoms with Crippen LogP contribution in [0.5, 0.6) is 0 Å². The van der Waals surface area contributed by atoms with Crippen molar-refractivity contribution in [1.29, 1.82) is 0 Å². The molecule has 0 saturated carbocycles. The van der Waals surface area contributed by atoms with Crippen LogP contribution in [0.25, 0.3) is 5.69 Å². The summed E-state index contributed by atoms with van der Waals surface area (Å²) in [6, 6.07) is 7.48. The maximum atomic E-state index is 12.4. The first-order valence-electron chi connectivity index (χ1n) is 6.85. The minimum absolute atomic E-state index is 0.0540. The van der Waals surface area contributed by atoms with Gasteiger partial charge in [-0.1, -0.05) is 0 Å². The Bertz CT molecular complexity index is 639. The molecular formula is C15H16BrN3O2. The summed E-state index contributed by atoms with van der Waals surface area (Å²) in [7, 11) is 0. The van der Waals surface area contributed by atoms with Crippen molar-refractivity contribution in [1.82, 2.24) is 14.7 Å². The molecule has 1 saturated heterocycles. The quantitative estimate of drug-likeness (QED) is 0.836. The van der Waals surface area contributed by atoms with Crippen molar-refractivity contribution in [3.63, 3.8) is 0 Å². The fourth-order valence-corrected chi connectivity index (χ4v) is 2.67. The van der Waals surface area contributed by atoms with Crippen LogP contribution in [0.3, 0.4) is 0 Å². The van der Waals surface area contributed by atoms with E-state index in [0.29, 0.717) is 25.3 Å². The van der Waals surface area contributed by atoms with Crippen LogP contribution in [0.4, 0.5) is 0 Å². The number of rotatable bonds is 2. The molecule has 1 aliphatic heterocycles. The highest BCUT2D eigenvalue weighted by Crippen LogP contribution is 2.15. The van der Waals surface area contributed by atoms with Gasteiger partial charge in [0.2, 0.25) is 0 Å². The number of benzene rings is 1. The van der Waals surface area contributed by atoms with Crippen LogP contribution in [-0.2, 0) is 4.74 Å². The van der Waals surface area contributed by atoms with E-state index in [1.165, 1.54) is 0 Å². The molecule has 6 heteroatoms. The minimum Gasteiger partial charge on any atom is -0.375 e. The van der Waals surface area contributed by atoms with Gasteiger partial charge in [-0.05, 0) is 47.1 Å². The topological polar surface area (TPSA) is 47.4 Å². The third-order valence-electron chi connectivity index (χ3n) is 3.46. The summed E-state index contributed by atoms with van der Waals surface area (Å²) in [5, 5.41) is 4.22. The van der Waals surface area contributed by atoms with Crippen LogP contribution in [0.15, 0.2) is 41.1 Å². The standard InChI is InChI=1S/C15H16BrN3O2/c1-11-9-18(6-7-21-11)15(20)12-2-4-14(5-3-12)19-10-13(16)8-17-19/h2-5,8,10-11H,6-7,9H2,1H3. The molecule has 1 aromatic heterocycles. The van der Waals surface area contributed by atoms with Crippen molar-refractivity contribution in [2.24, 2.45) is 0 Å². The Morgan fingerprint density at radius 2 is 2.14 bits per heavy atom. The summed E-state index contributed by atoms with van der Waals surface area (Å²) in [6.07, 6.45) is 3.71. The highest BCUT2D eigenvalue weighted by atomic mass is 79.9. The molecule has 0 N–H and O–H groups in total. The van der Waals surface area contributed by atoms with Crippen molar-refractivity contribution in [3.05, 3.63) is 46.7 Å². The van der Waals surface area contributed by atoms with Gasteiger partial charge < -0.3 is 9.64 Å². The second-order valence-electron chi connectivity index (χ2n) is 5.08. The maximum absolute atomic E-state index is 12.4. The van der Waals surface area contributed by atoms with Crippen molar-refractivity contribution in [2.45, 2.75) is 13.0 Å². The van der Waals surface area contributed by atoms with Crippen LogP contribution < -0.4 is 0 Å². The highest BCUT2D eigenvalue weighted by Gasteiger charge is 2.22. The predicted molar refractivity (Wildman–Crippen MR) is 82.6 cm³/mol. The maximum Gasteiger partial charge on any atom is 0.254 e. The summed E-state index contributed by atoms with van der Waals surface area (Å²) in [5.41, 5.74) is 1.62. The first-order valence-corrected chi connectivity index (χ1v) is 7.64. The number of aromatic nitrogens is 2. The fraction of sp³-hybridized carbons (Fsp3) is 0.333. The summed E-state index contributed by atoms with van der Waals surface area (Å²) >= 11 is 3.37. The lowest BCUT2D eigenvalue weighted by atomic mass is 10.1. The lowest BCUT2D eigenvalue weighted by molar-refractivity contribution is -0.0124. The van der Waals surface area contributed by atoms with Crippen LogP contribution in [0.2, 0.25) is 0 Å². The number of carbonyl (C=O) groups excluding carboxylic acids is 1. The van der Waals surface area contributed by atoms with Crippen molar-refractivity contribution < 1.29 is 9.53 Å². The van der Waals surface area contributed by atoms with E-state index >= 15 is 0 Å². The van der Waals surface area contributed by atoms with E-state index in [4.69, 9.17) is 4.74 Å². The molecule has 3 rings (SSSR count). The summed E-state index contributed by atoms with van der Waals surface area (Å²) < 4.78 is 8.14. The van der Waals surface area contributed by atoms with Gasteiger partial charge >= 0.3 is 0 Å². The Morgan fingerprint density at radius 1 is 1.38 bits per heavy atom. The number of nitrogens with zero attached hydrogens (tertiary/aromatic N) is 3. The molecule has 1 fully saturated rings. The molecule has 0 spiro atoms.